The van der Waals surface area contributed by atoms with Crippen molar-refractivity contribution in [1.29, 1.82) is 0 Å². The van der Waals surface area contributed by atoms with Crippen molar-refractivity contribution in [3.8, 4) is 0 Å². The average Bonchev–Trinajstić information content (AvgIpc) is 2.73. The first-order valence-corrected chi connectivity index (χ1v) is 13.4. The molecule has 2 fully saturated rings. The summed E-state index contributed by atoms with van der Waals surface area (Å²) in [5.74, 6) is 3.07. The van der Waals surface area contributed by atoms with E-state index in [2.05, 4.69) is 13.8 Å². The first-order valence-electron chi connectivity index (χ1n) is 13.4. The van der Waals surface area contributed by atoms with Crippen LogP contribution in [0.5, 0.6) is 0 Å². The van der Waals surface area contributed by atoms with Crippen LogP contribution in [0.3, 0.4) is 0 Å². The molecule has 2 saturated carbocycles. The van der Waals surface area contributed by atoms with Gasteiger partial charge in [-0.1, -0.05) is 104 Å². The van der Waals surface area contributed by atoms with E-state index in [1.807, 2.05) is 0 Å². The molecule has 0 aromatic heterocycles. The molecule has 0 heterocycles. The minimum absolute atomic E-state index is 0.589. The van der Waals surface area contributed by atoms with E-state index in [-0.39, 0.29) is 0 Å². The Kier molecular flexibility index (Phi) is 13.6. The molecule has 2 aliphatic rings. The van der Waals surface area contributed by atoms with Gasteiger partial charge in [0.15, 0.2) is 0 Å². The van der Waals surface area contributed by atoms with E-state index < -0.39 is 0 Å². The lowest BCUT2D eigenvalue weighted by molar-refractivity contribution is 0.0131. The zero-order chi connectivity index (χ0) is 19.9. The van der Waals surface area contributed by atoms with Crippen LogP contribution in [0.25, 0.3) is 0 Å². The molecule has 0 aliphatic heterocycles. The predicted molar refractivity (Wildman–Crippen MR) is 124 cm³/mol. The van der Waals surface area contributed by atoms with Crippen LogP contribution in [0, 0.1) is 17.8 Å². The summed E-state index contributed by atoms with van der Waals surface area (Å²) >= 11 is 0. The van der Waals surface area contributed by atoms with Crippen LogP contribution in [0.15, 0.2) is 0 Å². The molecule has 1 nitrogen and oxygen atoms in total. The molecular formula is C27H52O. The normalized spacial score (nSPS) is 28.5. The summed E-state index contributed by atoms with van der Waals surface area (Å²) in [6, 6.07) is 0. The van der Waals surface area contributed by atoms with Crippen LogP contribution in [0.1, 0.15) is 142 Å². The van der Waals surface area contributed by atoms with Gasteiger partial charge in [-0.2, -0.15) is 0 Å². The van der Waals surface area contributed by atoms with Crippen LogP contribution >= 0.6 is 0 Å². The van der Waals surface area contributed by atoms with Crippen LogP contribution in [0.4, 0.5) is 0 Å². The van der Waals surface area contributed by atoms with Crippen molar-refractivity contribution in [2.24, 2.45) is 17.8 Å². The number of hydrogen-bond donors (Lipinski definition) is 0. The average molecular weight is 393 g/mol. The van der Waals surface area contributed by atoms with Crippen molar-refractivity contribution in [3.05, 3.63) is 0 Å². The standard InChI is InChI=1S/C27H52O/c1-3-5-7-8-10-13-25-19-21-27(22-20-25)28-23-11-14-26-17-15-24(16-18-26)12-9-6-4-2/h24-27H,3-23H2,1-2H3. The third kappa shape index (κ3) is 10.7. The Morgan fingerprint density at radius 1 is 0.500 bits per heavy atom. The highest BCUT2D eigenvalue weighted by Crippen LogP contribution is 2.34. The molecule has 0 amide bonds. The molecule has 1 heteroatoms. The zero-order valence-electron chi connectivity index (χ0n) is 19.6. The van der Waals surface area contributed by atoms with Gasteiger partial charge < -0.3 is 4.74 Å². The first kappa shape index (κ1) is 24.2. The van der Waals surface area contributed by atoms with Crippen molar-refractivity contribution >= 4 is 0 Å². The van der Waals surface area contributed by atoms with Crippen molar-refractivity contribution in [2.75, 3.05) is 6.61 Å². The number of unbranched alkanes of at least 4 members (excludes halogenated alkanes) is 6. The third-order valence-electron chi connectivity index (χ3n) is 7.80. The van der Waals surface area contributed by atoms with Gasteiger partial charge in [-0.3, -0.25) is 0 Å². The van der Waals surface area contributed by atoms with E-state index in [1.165, 1.54) is 128 Å². The summed E-state index contributed by atoms with van der Waals surface area (Å²) in [6.07, 6.45) is 29.3. The van der Waals surface area contributed by atoms with E-state index in [0.717, 1.165) is 24.4 Å². The Hall–Kier alpha value is -0.0400. The molecule has 0 radical (unpaired) electrons. The molecule has 0 N–H and O–H groups in total. The Labute approximate surface area is 177 Å². The lowest BCUT2D eigenvalue weighted by Gasteiger charge is -2.30. The second-order valence-corrected chi connectivity index (χ2v) is 10.2. The minimum Gasteiger partial charge on any atom is -0.378 e. The SMILES string of the molecule is CCCCCCCC1CCC(OCCCC2CCC(CCCCC)CC2)CC1. The van der Waals surface area contributed by atoms with Gasteiger partial charge in [0, 0.05) is 6.61 Å². The minimum atomic E-state index is 0.589. The molecular weight excluding hydrogens is 340 g/mol. The number of rotatable bonds is 15. The Morgan fingerprint density at radius 2 is 0.929 bits per heavy atom. The fourth-order valence-corrected chi connectivity index (χ4v) is 5.74. The van der Waals surface area contributed by atoms with Gasteiger partial charge in [0.1, 0.15) is 0 Å². The van der Waals surface area contributed by atoms with Crippen molar-refractivity contribution in [2.45, 2.75) is 148 Å². The molecule has 0 atom stereocenters. The maximum atomic E-state index is 6.27. The Bertz CT molecular complexity index is 336. The van der Waals surface area contributed by atoms with Crippen molar-refractivity contribution < 1.29 is 4.74 Å². The lowest BCUT2D eigenvalue weighted by atomic mass is 9.78. The predicted octanol–water partition coefficient (Wildman–Crippen LogP) is 9.09. The Balaban J connectivity index is 1.41. The highest BCUT2D eigenvalue weighted by Gasteiger charge is 2.22. The molecule has 166 valence electrons. The largest absolute Gasteiger partial charge is 0.378 e. The van der Waals surface area contributed by atoms with Crippen LogP contribution < -0.4 is 0 Å². The quantitative estimate of drug-likeness (QED) is 0.252. The highest BCUT2D eigenvalue weighted by atomic mass is 16.5. The molecule has 0 aromatic carbocycles. The van der Waals surface area contributed by atoms with Crippen molar-refractivity contribution in [3.63, 3.8) is 0 Å². The highest BCUT2D eigenvalue weighted by molar-refractivity contribution is 4.74. The first-order chi connectivity index (χ1) is 13.8. The van der Waals surface area contributed by atoms with Crippen LogP contribution in [0.2, 0.25) is 0 Å². The van der Waals surface area contributed by atoms with Crippen molar-refractivity contribution in [1.82, 2.24) is 0 Å². The maximum absolute atomic E-state index is 6.27. The summed E-state index contributed by atoms with van der Waals surface area (Å²) in [6.45, 7) is 5.66. The van der Waals surface area contributed by atoms with Crippen LogP contribution in [-0.4, -0.2) is 12.7 Å². The van der Waals surface area contributed by atoms with Gasteiger partial charge in [0.05, 0.1) is 6.10 Å². The topological polar surface area (TPSA) is 9.23 Å². The summed E-state index contributed by atoms with van der Waals surface area (Å²) in [5, 5.41) is 0. The summed E-state index contributed by atoms with van der Waals surface area (Å²) in [5.41, 5.74) is 0. The summed E-state index contributed by atoms with van der Waals surface area (Å²) < 4.78 is 6.27. The zero-order valence-corrected chi connectivity index (χ0v) is 19.6. The molecule has 0 aromatic rings. The second-order valence-electron chi connectivity index (χ2n) is 10.2. The van der Waals surface area contributed by atoms with E-state index in [1.54, 1.807) is 0 Å². The molecule has 0 bridgehead atoms. The molecule has 28 heavy (non-hydrogen) atoms. The van der Waals surface area contributed by atoms with E-state index in [0.29, 0.717) is 6.10 Å². The molecule has 2 aliphatic carbocycles. The maximum Gasteiger partial charge on any atom is 0.0575 e. The van der Waals surface area contributed by atoms with E-state index in [4.69, 9.17) is 4.74 Å². The summed E-state index contributed by atoms with van der Waals surface area (Å²) in [4.78, 5) is 0. The smallest absolute Gasteiger partial charge is 0.0575 e. The van der Waals surface area contributed by atoms with Gasteiger partial charge >= 0.3 is 0 Å². The molecule has 2 rings (SSSR count). The van der Waals surface area contributed by atoms with Gasteiger partial charge in [0.2, 0.25) is 0 Å². The summed E-state index contributed by atoms with van der Waals surface area (Å²) in [7, 11) is 0. The van der Waals surface area contributed by atoms with E-state index in [9.17, 15) is 0 Å². The van der Waals surface area contributed by atoms with Gasteiger partial charge in [-0.15, -0.1) is 0 Å². The lowest BCUT2D eigenvalue weighted by Crippen LogP contribution is -2.22. The van der Waals surface area contributed by atoms with E-state index >= 15 is 0 Å². The fourth-order valence-electron chi connectivity index (χ4n) is 5.74. The van der Waals surface area contributed by atoms with Gasteiger partial charge in [-0.05, 0) is 56.3 Å². The molecule has 0 spiro atoms. The number of hydrogen-bond acceptors (Lipinski definition) is 1. The van der Waals surface area contributed by atoms with Gasteiger partial charge in [0.25, 0.3) is 0 Å². The molecule has 0 saturated heterocycles. The molecule has 0 unspecified atom stereocenters. The third-order valence-corrected chi connectivity index (χ3v) is 7.80. The second kappa shape index (κ2) is 15.8. The Morgan fingerprint density at radius 3 is 1.50 bits per heavy atom. The monoisotopic (exact) mass is 392 g/mol. The van der Waals surface area contributed by atoms with Gasteiger partial charge in [-0.25, -0.2) is 0 Å². The van der Waals surface area contributed by atoms with Crippen LogP contribution in [-0.2, 0) is 4.74 Å². The number of ether oxygens (including phenoxy) is 1. The fraction of sp³-hybridized carbons (Fsp3) is 1.00.